The topological polar surface area (TPSA) is 93.7 Å². The minimum Gasteiger partial charge on any atom is -0.481 e. The smallest absolute Gasteiger partial charge is 0.356 e. The van der Waals surface area contributed by atoms with Crippen LogP contribution in [0.5, 0.6) is 5.75 Å². The van der Waals surface area contributed by atoms with E-state index in [0.717, 1.165) is 0 Å². The zero-order valence-corrected chi connectivity index (χ0v) is 12.5. The van der Waals surface area contributed by atoms with E-state index in [1.807, 2.05) is 6.07 Å². The molecule has 0 saturated carbocycles. The van der Waals surface area contributed by atoms with Crippen LogP contribution in [0.4, 0.5) is 0 Å². The molecule has 0 aromatic heterocycles. The number of rotatable bonds is 5. The Bertz CT molecular complexity index is 665. The second-order valence-electron chi connectivity index (χ2n) is 4.56. The molecule has 0 unspecified atom stereocenters. The second-order valence-corrected chi connectivity index (χ2v) is 4.56. The van der Waals surface area contributed by atoms with Crippen molar-refractivity contribution in [1.82, 2.24) is 5.32 Å². The van der Waals surface area contributed by atoms with Crippen molar-refractivity contribution in [3.8, 4) is 5.75 Å². The van der Waals surface area contributed by atoms with Gasteiger partial charge in [-0.1, -0.05) is 18.2 Å². The maximum absolute atomic E-state index is 11.8. The number of hydrogen-bond donors (Lipinski definition) is 2. The van der Waals surface area contributed by atoms with Crippen LogP contribution >= 0.6 is 0 Å². The van der Waals surface area contributed by atoms with Crippen LogP contribution in [0.2, 0.25) is 0 Å². The number of carbonyl (C=O) groups excluding carboxylic acids is 2. The van der Waals surface area contributed by atoms with E-state index in [4.69, 9.17) is 15.2 Å². The van der Waals surface area contributed by atoms with Crippen molar-refractivity contribution in [3.63, 3.8) is 0 Å². The standard InChI is InChI=1S/C15H17N3O4/c1-3-21-13(19)9-22-12-7-5-4-6-10(12)8-11-14(20)17-15(16)18(11)2/h4-8H,3,9H2,1-2H3,(H2,16,17,20)/p+1/b11-8-. The summed E-state index contributed by atoms with van der Waals surface area (Å²) >= 11 is 0. The van der Waals surface area contributed by atoms with Gasteiger partial charge < -0.3 is 9.47 Å². The molecule has 1 aromatic carbocycles. The largest absolute Gasteiger partial charge is 0.481 e. The SMILES string of the molecule is CCOC(=O)COc1ccccc1/C=C1/C(=O)NC(N)=[N+]1C. The maximum Gasteiger partial charge on any atom is 0.356 e. The molecular weight excluding hydrogens is 286 g/mol. The summed E-state index contributed by atoms with van der Waals surface area (Å²) in [4.78, 5) is 23.2. The average Bonchev–Trinajstić information content (AvgIpc) is 2.73. The highest BCUT2D eigenvalue weighted by Gasteiger charge is 2.29. The zero-order valence-electron chi connectivity index (χ0n) is 12.5. The van der Waals surface area contributed by atoms with Gasteiger partial charge in [0.15, 0.2) is 12.3 Å². The highest BCUT2D eigenvalue weighted by atomic mass is 16.6. The van der Waals surface area contributed by atoms with Crippen LogP contribution in [0.15, 0.2) is 30.0 Å². The number of nitrogens with one attached hydrogen (secondary N) is 1. The molecule has 1 aliphatic rings. The van der Waals surface area contributed by atoms with Gasteiger partial charge in [-0.15, -0.1) is 0 Å². The van der Waals surface area contributed by atoms with E-state index in [1.165, 1.54) is 0 Å². The molecule has 0 fully saturated rings. The molecule has 0 atom stereocenters. The Morgan fingerprint density at radius 2 is 2.14 bits per heavy atom. The number of nitrogens with two attached hydrogens (primary N) is 1. The monoisotopic (exact) mass is 304 g/mol. The molecule has 0 bridgehead atoms. The number of amides is 1. The summed E-state index contributed by atoms with van der Waals surface area (Å²) in [7, 11) is 1.68. The number of para-hydroxylation sites is 1. The molecule has 2 rings (SSSR count). The number of likely N-dealkylation sites (N-methyl/N-ethyl adjacent to an activating group) is 1. The van der Waals surface area contributed by atoms with Crippen LogP contribution < -0.4 is 15.8 Å². The third-order valence-corrected chi connectivity index (χ3v) is 3.06. The maximum atomic E-state index is 11.8. The van der Waals surface area contributed by atoms with Gasteiger partial charge in [0.2, 0.25) is 0 Å². The Morgan fingerprint density at radius 1 is 1.41 bits per heavy atom. The van der Waals surface area contributed by atoms with E-state index in [1.54, 1.807) is 42.8 Å². The number of ether oxygens (including phenoxy) is 2. The Labute approximate surface area is 128 Å². The fraction of sp³-hybridized carbons (Fsp3) is 0.267. The van der Waals surface area contributed by atoms with Gasteiger partial charge in [0.1, 0.15) is 5.75 Å². The van der Waals surface area contributed by atoms with Crippen molar-refractivity contribution >= 4 is 23.9 Å². The van der Waals surface area contributed by atoms with Crippen molar-refractivity contribution < 1.29 is 23.6 Å². The van der Waals surface area contributed by atoms with Crippen LogP contribution in [0.3, 0.4) is 0 Å². The quantitative estimate of drug-likeness (QED) is 0.456. The highest BCUT2D eigenvalue weighted by molar-refractivity contribution is 6.08. The van der Waals surface area contributed by atoms with E-state index in [-0.39, 0.29) is 18.5 Å². The number of benzene rings is 1. The number of esters is 1. The van der Waals surface area contributed by atoms with Crippen molar-refractivity contribution in [3.05, 3.63) is 35.5 Å². The number of hydrogen-bond acceptors (Lipinski definition) is 5. The van der Waals surface area contributed by atoms with Crippen LogP contribution in [-0.4, -0.2) is 42.7 Å². The summed E-state index contributed by atoms with van der Waals surface area (Å²) in [6.45, 7) is 1.84. The van der Waals surface area contributed by atoms with Gasteiger partial charge >= 0.3 is 17.8 Å². The van der Waals surface area contributed by atoms with Crippen molar-refractivity contribution in [2.75, 3.05) is 20.3 Å². The van der Waals surface area contributed by atoms with E-state index < -0.39 is 5.97 Å². The summed E-state index contributed by atoms with van der Waals surface area (Å²) < 4.78 is 11.8. The Balaban J connectivity index is 2.22. The molecule has 0 aliphatic carbocycles. The van der Waals surface area contributed by atoms with Gasteiger partial charge in [-0.25, -0.2) is 19.5 Å². The summed E-state index contributed by atoms with van der Waals surface area (Å²) in [5, 5.41) is 2.52. The minimum atomic E-state index is -0.446. The normalized spacial score (nSPS) is 15.9. The van der Waals surface area contributed by atoms with Gasteiger partial charge in [-0.2, -0.15) is 0 Å². The van der Waals surface area contributed by atoms with Crippen LogP contribution in [-0.2, 0) is 14.3 Å². The van der Waals surface area contributed by atoms with Gasteiger partial charge in [-0.05, 0) is 19.1 Å². The summed E-state index contributed by atoms with van der Waals surface area (Å²) in [5.41, 5.74) is 6.72. The first-order chi connectivity index (χ1) is 10.5. The van der Waals surface area contributed by atoms with Crippen molar-refractivity contribution in [1.29, 1.82) is 0 Å². The number of nitrogens with zero attached hydrogens (tertiary/aromatic N) is 1. The molecule has 0 radical (unpaired) electrons. The predicted molar refractivity (Wildman–Crippen MR) is 80.1 cm³/mol. The lowest BCUT2D eigenvalue weighted by Gasteiger charge is -2.08. The van der Waals surface area contributed by atoms with E-state index >= 15 is 0 Å². The third-order valence-electron chi connectivity index (χ3n) is 3.06. The fourth-order valence-electron chi connectivity index (χ4n) is 1.93. The number of guanidine groups is 1. The highest BCUT2D eigenvalue weighted by Crippen LogP contribution is 2.22. The van der Waals surface area contributed by atoms with Crippen LogP contribution in [0.1, 0.15) is 12.5 Å². The zero-order chi connectivity index (χ0) is 16.1. The first-order valence-corrected chi connectivity index (χ1v) is 6.79. The molecule has 7 nitrogen and oxygen atoms in total. The molecule has 1 aliphatic heterocycles. The lowest BCUT2D eigenvalue weighted by atomic mass is 10.1. The first-order valence-electron chi connectivity index (χ1n) is 6.79. The van der Waals surface area contributed by atoms with Crippen LogP contribution in [0, 0.1) is 0 Å². The summed E-state index contributed by atoms with van der Waals surface area (Å²) in [6.07, 6.45) is 1.65. The summed E-state index contributed by atoms with van der Waals surface area (Å²) in [5.74, 6) is 0.00866. The lowest BCUT2D eigenvalue weighted by Crippen LogP contribution is -2.32. The molecule has 116 valence electrons. The fourth-order valence-corrected chi connectivity index (χ4v) is 1.93. The van der Waals surface area contributed by atoms with E-state index in [9.17, 15) is 9.59 Å². The number of carbonyl (C=O) groups is 2. The predicted octanol–water partition coefficient (Wildman–Crippen LogP) is 0.0562. The molecule has 3 N–H and O–H groups in total. The van der Waals surface area contributed by atoms with Crippen molar-refractivity contribution in [2.24, 2.45) is 5.73 Å². The minimum absolute atomic E-state index is 0.190. The lowest BCUT2D eigenvalue weighted by molar-refractivity contribution is -0.432. The Hall–Kier alpha value is -2.83. The van der Waals surface area contributed by atoms with Gasteiger partial charge in [0.25, 0.3) is 0 Å². The molecular formula is C15H18N3O4+. The van der Waals surface area contributed by atoms with E-state index in [0.29, 0.717) is 23.6 Å². The molecule has 7 heteroatoms. The third kappa shape index (κ3) is 3.43. The second kappa shape index (κ2) is 6.75. The van der Waals surface area contributed by atoms with Gasteiger partial charge in [0.05, 0.1) is 13.7 Å². The van der Waals surface area contributed by atoms with Gasteiger partial charge in [-0.3, -0.25) is 5.73 Å². The molecule has 1 amide bonds. The van der Waals surface area contributed by atoms with Crippen molar-refractivity contribution in [2.45, 2.75) is 6.92 Å². The molecule has 0 saturated heterocycles. The van der Waals surface area contributed by atoms with E-state index in [2.05, 4.69) is 5.32 Å². The Kier molecular flexibility index (Phi) is 4.77. The molecule has 1 heterocycles. The van der Waals surface area contributed by atoms with Gasteiger partial charge in [0, 0.05) is 5.56 Å². The molecule has 1 aromatic rings. The average molecular weight is 304 g/mol. The first kappa shape index (κ1) is 15.6. The molecule has 22 heavy (non-hydrogen) atoms. The van der Waals surface area contributed by atoms with Crippen LogP contribution in [0.25, 0.3) is 6.08 Å². The summed E-state index contributed by atoms with van der Waals surface area (Å²) in [6, 6.07) is 7.08. The molecule has 0 spiro atoms. The Morgan fingerprint density at radius 3 is 2.77 bits per heavy atom.